The van der Waals surface area contributed by atoms with Crippen LogP contribution in [0.5, 0.6) is 0 Å². The molecule has 1 aromatic rings. The first-order valence-corrected chi connectivity index (χ1v) is 4.48. The van der Waals surface area contributed by atoms with Crippen molar-refractivity contribution in [2.75, 3.05) is 13.2 Å². The number of furan rings is 1. The fourth-order valence-corrected chi connectivity index (χ4v) is 0.997. The quantitative estimate of drug-likeness (QED) is 0.432. The van der Waals surface area contributed by atoms with Gasteiger partial charge in [-0.05, 0) is 19.1 Å². The molecule has 1 aromatic heterocycles. The Morgan fingerprint density at radius 1 is 1.67 bits per heavy atom. The Labute approximate surface area is 87.2 Å². The largest absolute Gasteiger partial charge is 0.464 e. The van der Waals surface area contributed by atoms with Crippen LogP contribution in [-0.2, 0) is 11.3 Å². The summed E-state index contributed by atoms with van der Waals surface area (Å²) in [5.74, 6) is 1.52. The second-order valence-electron chi connectivity index (χ2n) is 3.03. The number of carbonyl (C=O) groups is 1. The van der Waals surface area contributed by atoms with Gasteiger partial charge in [0.15, 0.2) is 0 Å². The number of ether oxygens (including phenoxy) is 1. The van der Waals surface area contributed by atoms with Gasteiger partial charge in [0.1, 0.15) is 18.1 Å². The van der Waals surface area contributed by atoms with E-state index < -0.39 is 6.03 Å². The highest BCUT2D eigenvalue weighted by Crippen LogP contribution is 2.07. The van der Waals surface area contributed by atoms with Crippen molar-refractivity contribution in [3.05, 3.63) is 23.7 Å². The fraction of sp³-hybridized carbons (Fsp3) is 0.444. The molecule has 0 aromatic carbocycles. The number of nitrogens with two attached hydrogens (primary N) is 1. The maximum atomic E-state index is 10.4. The molecule has 0 aliphatic heterocycles. The van der Waals surface area contributed by atoms with E-state index in [2.05, 4.69) is 0 Å². The Morgan fingerprint density at radius 2 is 2.40 bits per heavy atom. The standard InChI is InChI=1S/C9H14N2O4/c1-7-2-3-8(15-7)6-14-5-4-11(13)9(10)12/h2-3,13H,4-6H2,1H3,(H2,10,12). The van der Waals surface area contributed by atoms with Crippen molar-refractivity contribution in [1.29, 1.82) is 0 Å². The van der Waals surface area contributed by atoms with Crippen LogP contribution in [0.15, 0.2) is 16.5 Å². The molecule has 84 valence electrons. The van der Waals surface area contributed by atoms with Crippen LogP contribution < -0.4 is 5.73 Å². The lowest BCUT2D eigenvalue weighted by Gasteiger charge is -2.11. The van der Waals surface area contributed by atoms with E-state index in [0.717, 1.165) is 5.76 Å². The minimum atomic E-state index is -0.896. The molecule has 1 rings (SSSR count). The van der Waals surface area contributed by atoms with E-state index in [1.54, 1.807) is 6.07 Å². The summed E-state index contributed by atoms with van der Waals surface area (Å²) in [6.45, 7) is 2.38. The highest BCUT2D eigenvalue weighted by atomic mass is 16.5. The molecule has 0 aliphatic rings. The summed E-state index contributed by atoms with van der Waals surface area (Å²) in [6.07, 6.45) is 0. The summed E-state index contributed by atoms with van der Waals surface area (Å²) in [5, 5.41) is 9.28. The van der Waals surface area contributed by atoms with Crippen molar-refractivity contribution >= 4 is 6.03 Å². The van der Waals surface area contributed by atoms with Gasteiger partial charge in [0.2, 0.25) is 0 Å². The Kier molecular flexibility index (Phi) is 4.14. The second kappa shape index (κ2) is 5.38. The Morgan fingerprint density at radius 3 is 2.93 bits per heavy atom. The van der Waals surface area contributed by atoms with Gasteiger partial charge in [-0.15, -0.1) is 0 Å². The monoisotopic (exact) mass is 214 g/mol. The van der Waals surface area contributed by atoms with Gasteiger partial charge < -0.3 is 14.9 Å². The van der Waals surface area contributed by atoms with Gasteiger partial charge in [0.25, 0.3) is 0 Å². The molecule has 6 nitrogen and oxygen atoms in total. The number of hydroxylamine groups is 2. The fourth-order valence-electron chi connectivity index (χ4n) is 0.997. The first-order valence-electron chi connectivity index (χ1n) is 4.48. The molecule has 0 aliphatic carbocycles. The lowest BCUT2D eigenvalue weighted by atomic mass is 10.4. The van der Waals surface area contributed by atoms with E-state index in [-0.39, 0.29) is 13.2 Å². The number of urea groups is 1. The maximum absolute atomic E-state index is 10.4. The van der Waals surface area contributed by atoms with Crippen LogP contribution in [0.2, 0.25) is 0 Å². The van der Waals surface area contributed by atoms with Crippen molar-refractivity contribution in [3.63, 3.8) is 0 Å². The molecular formula is C9H14N2O4. The number of hydrogen-bond donors (Lipinski definition) is 2. The van der Waals surface area contributed by atoms with E-state index in [4.69, 9.17) is 20.1 Å². The van der Waals surface area contributed by atoms with Crippen LogP contribution in [0.4, 0.5) is 4.79 Å². The number of amides is 2. The van der Waals surface area contributed by atoms with E-state index >= 15 is 0 Å². The molecule has 6 heteroatoms. The van der Waals surface area contributed by atoms with Crippen LogP contribution in [0, 0.1) is 6.92 Å². The topological polar surface area (TPSA) is 88.9 Å². The predicted octanol–water partition coefficient (Wildman–Crippen LogP) is 0.875. The molecule has 0 atom stereocenters. The minimum absolute atomic E-state index is 0.0367. The average Bonchev–Trinajstić information content (AvgIpc) is 2.58. The third-order valence-corrected chi connectivity index (χ3v) is 1.74. The third kappa shape index (κ3) is 4.01. The van der Waals surface area contributed by atoms with Gasteiger partial charge in [-0.25, -0.2) is 9.86 Å². The van der Waals surface area contributed by atoms with Crippen LogP contribution in [-0.4, -0.2) is 29.5 Å². The maximum Gasteiger partial charge on any atom is 0.338 e. The smallest absolute Gasteiger partial charge is 0.338 e. The highest BCUT2D eigenvalue weighted by molar-refractivity contribution is 5.70. The minimum Gasteiger partial charge on any atom is -0.464 e. The van der Waals surface area contributed by atoms with Crippen LogP contribution >= 0.6 is 0 Å². The average molecular weight is 214 g/mol. The zero-order chi connectivity index (χ0) is 11.3. The van der Waals surface area contributed by atoms with Crippen molar-refractivity contribution in [3.8, 4) is 0 Å². The van der Waals surface area contributed by atoms with E-state index in [1.165, 1.54) is 0 Å². The normalized spacial score (nSPS) is 10.3. The molecule has 0 unspecified atom stereocenters. The molecule has 0 spiro atoms. The number of hydrogen-bond acceptors (Lipinski definition) is 4. The number of aryl methyl sites for hydroxylation is 1. The summed E-state index contributed by atoms with van der Waals surface area (Å²) >= 11 is 0. The lowest BCUT2D eigenvalue weighted by Crippen LogP contribution is -2.35. The summed E-state index contributed by atoms with van der Waals surface area (Å²) in [5.41, 5.74) is 4.80. The summed E-state index contributed by atoms with van der Waals surface area (Å²) in [7, 11) is 0. The SMILES string of the molecule is Cc1ccc(COCCN(O)C(N)=O)o1. The molecule has 0 saturated carbocycles. The molecule has 15 heavy (non-hydrogen) atoms. The third-order valence-electron chi connectivity index (χ3n) is 1.74. The molecule has 0 fully saturated rings. The van der Waals surface area contributed by atoms with E-state index in [1.807, 2.05) is 13.0 Å². The van der Waals surface area contributed by atoms with Crippen molar-refractivity contribution in [2.45, 2.75) is 13.5 Å². The summed E-state index contributed by atoms with van der Waals surface area (Å²) < 4.78 is 10.4. The summed E-state index contributed by atoms with van der Waals surface area (Å²) in [4.78, 5) is 10.4. The number of nitrogens with zero attached hydrogens (tertiary/aromatic N) is 1. The highest BCUT2D eigenvalue weighted by Gasteiger charge is 2.04. The molecule has 3 N–H and O–H groups in total. The van der Waals surface area contributed by atoms with Crippen molar-refractivity contribution < 1.29 is 19.2 Å². The first-order chi connectivity index (χ1) is 7.09. The second-order valence-corrected chi connectivity index (χ2v) is 3.03. The van der Waals surface area contributed by atoms with Gasteiger partial charge in [0, 0.05) is 0 Å². The Balaban J connectivity index is 2.14. The first kappa shape index (κ1) is 11.5. The van der Waals surface area contributed by atoms with E-state index in [9.17, 15) is 4.79 Å². The van der Waals surface area contributed by atoms with Gasteiger partial charge in [0.05, 0.1) is 13.2 Å². The Hall–Kier alpha value is -1.53. The zero-order valence-electron chi connectivity index (χ0n) is 8.47. The molecule has 0 bridgehead atoms. The van der Waals surface area contributed by atoms with Crippen LogP contribution in [0.25, 0.3) is 0 Å². The molecule has 1 heterocycles. The van der Waals surface area contributed by atoms with E-state index in [0.29, 0.717) is 17.4 Å². The molecular weight excluding hydrogens is 200 g/mol. The van der Waals surface area contributed by atoms with Crippen molar-refractivity contribution in [1.82, 2.24) is 5.06 Å². The molecule has 2 amide bonds. The van der Waals surface area contributed by atoms with Gasteiger partial charge in [-0.1, -0.05) is 0 Å². The predicted molar refractivity (Wildman–Crippen MR) is 51.2 cm³/mol. The number of rotatable bonds is 5. The molecule has 0 saturated heterocycles. The zero-order valence-corrected chi connectivity index (χ0v) is 8.47. The molecule has 0 radical (unpaired) electrons. The Bertz CT molecular complexity index is 324. The van der Waals surface area contributed by atoms with Crippen molar-refractivity contribution in [2.24, 2.45) is 5.73 Å². The van der Waals surface area contributed by atoms with Gasteiger partial charge in [-0.2, -0.15) is 0 Å². The van der Waals surface area contributed by atoms with Gasteiger partial charge in [-0.3, -0.25) is 5.21 Å². The van der Waals surface area contributed by atoms with Crippen LogP contribution in [0.3, 0.4) is 0 Å². The van der Waals surface area contributed by atoms with Gasteiger partial charge >= 0.3 is 6.03 Å². The lowest BCUT2D eigenvalue weighted by molar-refractivity contribution is -0.0590. The number of primary amides is 1. The summed E-state index contributed by atoms with van der Waals surface area (Å²) in [6, 6.07) is 2.74. The van der Waals surface area contributed by atoms with Crippen LogP contribution in [0.1, 0.15) is 11.5 Å². The number of carbonyl (C=O) groups excluding carboxylic acids is 1.